The lowest BCUT2D eigenvalue weighted by Gasteiger charge is -2.12. The SMILES string of the molecule is CC(O)[C@H](NP)C(=O)O. The third-order valence-electron chi connectivity index (χ3n) is 0.928. The van der Waals surface area contributed by atoms with Gasteiger partial charge in [0.1, 0.15) is 6.04 Å². The van der Waals surface area contributed by atoms with Gasteiger partial charge >= 0.3 is 5.97 Å². The lowest BCUT2D eigenvalue weighted by Crippen LogP contribution is -2.39. The minimum Gasteiger partial charge on any atom is -0.480 e. The average Bonchev–Trinajstić information content (AvgIpc) is 1.64. The van der Waals surface area contributed by atoms with Gasteiger partial charge in [0.2, 0.25) is 0 Å². The van der Waals surface area contributed by atoms with E-state index in [0.29, 0.717) is 0 Å². The number of aliphatic carboxylic acids is 1. The highest BCUT2D eigenvalue weighted by Crippen LogP contribution is 1.93. The van der Waals surface area contributed by atoms with E-state index in [-0.39, 0.29) is 0 Å². The average molecular weight is 151 g/mol. The molecule has 0 heterocycles. The van der Waals surface area contributed by atoms with Crippen molar-refractivity contribution >= 4 is 15.4 Å². The van der Waals surface area contributed by atoms with Crippen LogP contribution in [0.4, 0.5) is 0 Å². The second kappa shape index (κ2) is 3.77. The van der Waals surface area contributed by atoms with Crippen molar-refractivity contribution in [2.24, 2.45) is 0 Å². The molecule has 0 amide bonds. The van der Waals surface area contributed by atoms with Gasteiger partial charge in [-0.2, -0.15) is 0 Å². The second-order valence-corrected chi connectivity index (χ2v) is 2.06. The number of hydrogen-bond acceptors (Lipinski definition) is 3. The molecule has 0 spiro atoms. The van der Waals surface area contributed by atoms with Crippen LogP contribution in [0.1, 0.15) is 6.92 Å². The number of nitrogens with one attached hydrogen (secondary N) is 1. The smallest absolute Gasteiger partial charge is 0.323 e. The number of hydrogen-bond donors (Lipinski definition) is 3. The van der Waals surface area contributed by atoms with Crippen LogP contribution in [0.5, 0.6) is 0 Å². The van der Waals surface area contributed by atoms with Crippen molar-refractivity contribution < 1.29 is 15.0 Å². The van der Waals surface area contributed by atoms with Crippen LogP contribution < -0.4 is 5.09 Å². The number of carboxylic acid groups (broad SMARTS) is 1. The molecule has 0 aliphatic carbocycles. The number of carboxylic acids is 1. The van der Waals surface area contributed by atoms with Crippen molar-refractivity contribution in [1.82, 2.24) is 5.09 Å². The van der Waals surface area contributed by atoms with Crippen molar-refractivity contribution in [3.05, 3.63) is 0 Å². The molecule has 9 heavy (non-hydrogen) atoms. The van der Waals surface area contributed by atoms with Crippen molar-refractivity contribution in [2.45, 2.75) is 19.1 Å². The third-order valence-corrected chi connectivity index (χ3v) is 1.29. The largest absolute Gasteiger partial charge is 0.480 e. The number of aliphatic hydroxyl groups excluding tert-OH is 1. The van der Waals surface area contributed by atoms with E-state index in [0.717, 1.165) is 0 Å². The van der Waals surface area contributed by atoms with Gasteiger partial charge in [-0.1, -0.05) is 9.39 Å². The molecule has 0 aromatic heterocycles. The maximum absolute atomic E-state index is 10.1. The highest BCUT2D eigenvalue weighted by atomic mass is 31.0. The van der Waals surface area contributed by atoms with E-state index in [9.17, 15) is 4.79 Å². The Morgan fingerprint density at radius 1 is 1.78 bits per heavy atom. The minimum absolute atomic E-state index is 0.875. The molecule has 0 bridgehead atoms. The van der Waals surface area contributed by atoms with E-state index in [4.69, 9.17) is 10.2 Å². The summed E-state index contributed by atoms with van der Waals surface area (Å²) in [5.74, 6) is -1.06. The first-order valence-electron chi connectivity index (χ1n) is 2.46. The normalized spacial score (nSPS) is 16.8. The van der Waals surface area contributed by atoms with Gasteiger partial charge in [0.15, 0.2) is 0 Å². The van der Waals surface area contributed by atoms with Gasteiger partial charge in [0.25, 0.3) is 0 Å². The summed E-state index contributed by atoms with van der Waals surface area (Å²) in [6.07, 6.45) is -0.875. The molecule has 0 radical (unpaired) electrons. The summed E-state index contributed by atoms with van der Waals surface area (Å²) < 4.78 is 0. The van der Waals surface area contributed by atoms with Crippen molar-refractivity contribution in [1.29, 1.82) is 0 Å². The van der Waals surface area contributed by atoms with Gasteiger partial charge in [0.05, 0.1) is 6.10 Å². The molecule has 0 aromatic carbocycles. The summed E-state index contributed by atoms with van der Waals surface area (Å²) in [6.45, 7) is 1.41. The summed E-state index contributed by atoms with van der Waals surface area (Å²) in [6, 6.07) is -0.894. The first-order chi connectivity index (χ1) is 4.09. The van der Waals surface area contributed by atoms with Crippen molar-refractivity contribution in [2.75, 3.05) is 0 Å². The molecule has 0 rings (SSSR count). The summed E-state index contributed by atoms with van der Waals surface area (Å²) in [4.78, 5) is 10.1. The van der Waals surface area contributed by atoms with Gasteiger partial charge in [-0.3, -0.25) is 9.88 Å². The lowest BCUT2D eigenvalue weighted by atomic mass is 10.2. The maximum Gasteiger partial charge on any atom is 0.323 e. The van der Waals surface area contributed by atoms with E-state index < -0.39 is 18.1 Å². The fourth-order valence-electron chi connectivity index (χ4n) is 0.417. The first-order valence-corrected chi connectivity index (χ1v) is 3.04. The molecule has 0 saturated carbocycles. The zero-order valence-corrected chi connectivity index (χ0v) is 6.19. The van der Waals surface area contributed by atoms with Crippen LogP contribution in [-0.2, 0) is 4.79 Å². The molecule has 4 nitrogen and oxygen atoms in total. The highest BCUT2D eigenvalue weighted by Gasteiger charge is 2.19. The molecule has 54 valence electrons. The molecule has 3 atom stereocenters. The van der Waals surface area contributed by atoms with E-state index in [2.05, 4.69) is 5.09 Å². The minimum atomic E-state index is -1.06. The van der Waals surface area contributed by atoms with Gasteiger partial charge < -0.3 is 10.2 Å². The number of aliphatic hydroxyl groups is 1. The fourth-order valence-corrected chi connectivity index (χ4v) is 0.838. The van der Waals surface area contributed by atoms with Crippen LogP contribution in [0, 0.1) is 0 Å². The Bertz CT molecular complexity index is 106. The molecule has 5 heteroatoms. The van der Waals surface area contributed by atoms with Crippen LogP contribution in [0.15, 0.2) is 0 Å². The molecule has 0 aliphatic rings. The van der Waals surface area contributed by atoms with Crippen molar-refractivity contribution in [3.63, 3.8) is 0 Å². The molecule has 2 unspecified atom stereocenters. The number of rotatable bonds is 3. The molecule has 0 fully saturated rings. The summed E-state index contributed by atoms with van der Waals surface area (Å²) >= 11 is 0. The first kappa shape index (κ1) is 8.82. The van der Waals surface area contributed by atoms with E-state index >= 15 is 0 Å². The predicted octanol–water partition coefficient (Wildman–Crippen LogP) is -0.800. The zero-order chi connectivity index (χ0) is 7.44. The van der Waals surface area contributed by atoms with Crippen molar-refractivity contribution in [3.8, 4) is 0 Å². The molecular formula is C4H10NO3P. The topological polar surface area (TPSA) is 69.6 Å². The molecule has 0 saturated heterocycles. The van der Waals surface area contributed by atoms with Gasteiger partial charge in [-0.05, 0) is 6.92 Å². The van der Waals surface area contributed by atoms with Crippen LogP contribution in [0.25, 0.3) is 0 Å². The van der Waals surface area contributed by atoms with Crippen LogP contribution in [0.2, 0.25) is 0 Å². The van der Waals surface area contributed by atoms with Gasteiger partial charge in [0, 0.05) is 0 Å². The number of carbonyl (C=O) groups is 1. The molecule has 0 aliphatic heterocycles. The molecular weight excluding hydrogens is 141 g/mol. The quantitative estimate of drug-likeness (QED) is 0.462. The maximum atomic E-state index is 10.1. The predicted molar refractivity (Wildman–Crippen MR) is 36.0 cm³/mol. The Morgan fingerprint density at radius 3 is 2.22 bits per heavy atom. The highest BCUT2D eigenvalue weighted by molar-refractivity contribution is 7.13. The summed E-state index contributed by atoms with van der Waals surface area (Å²) in [5.41, 5.74) is 0. The van der Waals surface area contributed by atoms with Crippen LogP contribution in [-0.4, -0.2) is 28.3 Å². The Morgan fingerprint density at radius 2 is 2.22 bits per heavy atom. The van der Waals surface area contributed by atoms with E-state index in [1.807, 2.05) is 9.39 Å². The standard InChI is InChI=1S/C4H10NO3P/c1-2(6)3(5-9)4(7)8/h2-3,5-6H,9H2,1H3,(H,7,8)/t2?,3-/m0/s1. The van der Waals surface area contributed by atoms with Crippen LogP contribution in [0.3, 0.4) is 0 Å². The lowest BCUT2D eigenvalue weighted by molar-refractivity contribution is -0.141. The summed E-state index contributed by atoms with van der Waals surface area (Å²) in [5, 5.41) is 19.4. The monoisotopic (exact) mass is 151 g/mol. The van der Waals surface area contributed by atoms with Crippen LogP contribution >= 0.6 is 9.39 Å². The van der Waals surface area contributed by atoms with Gasteiger partial charge in [-0.15, -0.1) is 0 Å². The Labute approximate surface area is 55.5 Å². The van der Waals surface area contributed by atoms with E-state index in [1.54, 1.807) is 0 Å². The Balaban J connectivity index is 3.83. The Hall–Kier alpha value is -0.180. The zero-order valence-electron chi connectivity index (χ0n) is 5.03. The second-order valence-electron chi connectivity index (χ2n) is 1.72. The molecule has 0 aromatic rings. The molecule has 3 N–H and O–H groups in total. The summed E-state index contributed by atoms with van der Waals surface area (Å²) in [7, 11) is 2.04. The van der Waals surface area contributed by atoms with Gasteiger partial charge in [-0.25, -0.2) is 0 Å². The third kappa shape index (κ3) is 2.75. The van der Waals surface area contributed by atoms with E-state index in [1.165, 1.54) is 6.92 Å². The Kier molecular flexibility index (Phi) is 3.70. The fraction of sp³-hybridized carbons (Fsp3) is 0.750.